The quantitative estimate of drug-likeness (QED) is 0.435. The van der Waals surface area contributed by atoms with Crippen molar-refractivity contribution in [1.82, 2.24) is 10.2 Å². The van der Waals surface area contributed by atoms with Crippen molar-refractivity contribution in [2.24, 2.45) is 5.14 Å². The Morgan fingerprint density at radius 2 is 1.69 bits per heavy atom. The number of primary sulfonamides is 1. The number of rotatable bonds is 9. The fourth-order valence-electron chi connectivity index (χ4n) is 2.64. The maximum absolute atomic E-state index is 12.2. The molecule has 0 aliphatic rings. The molecule has 0 unspecified atom stereocenters. The van der Waals surface area contributed by atoms with E-state index in [2.05, 4.69) is 15.5 Å². The molecule has 0 spiro atoms. The molecule has 1 amide bonds. The first-order chi connectivity index (χ1) is 15.2. The number of thioether (sulfide) groups is 1. The summed E-state index contributed by atoms with van der Waals surface area (Å²) in [7, 11) is 0.701. The van der Waals surface area contributed by atoms with E-state index in [1.54, 1.807) is 12.1 Å². The van der Waals surface area contributed by atoms with Gasteiger partial charge in [-0.2, -0.15) is 0 Å². The van der Waals surface area contributed by atoms with Crippen molar-refractivity contribution in [3.8, 4) is 28.7 Å². The van der Waals surface area contributed by atoms with Gasteiger partial charge in [-0.3, -0.25) is 4.79 Å². The highest BCUT2D eigenvalue weighted by molar-refractivity contribution is 7.99. The number of benzene rings is 2. The smallest absolute Gasteiger partial charge is 0.277 e. The predicted octanol–water partition coefficient (Wildman–Crippen LogP) is 2.14. The molecule has 0 aliphatic carbocycles. The Labute approximate surface area is 188 Å². The Bertz CT molecular complexity index is 1190. The molecule has 32 heavy (non-hydrogen) atoms. The number of carbonyl (C=O) groups is 1. The minimum absolute atomic E-state index is 0.00612. The van der Waals surface area contributed by atoms with E-state index >= 15 is 0 Å². The maximum atomic E-state index is 12.2. The van der Waals surface area contributed by atoms with Crippen LogP contribution in [0.5, 0.6) is 17.2 Å². The molecule has 2 aromatic carbocycles. The normalized spacial score (nSPS) is 11.1. The minimum Gasteiger partial charge on any atom is -0.493 e. The van der Waals surface area contributed by atoms with Crippen molar-refractivity contribution in [1.29, 1.82) is 0 Å². The number of methoxy groups -OCH3 is 3. The minimum atomic E-state index is -3.80. The molecule has 0 fully saturated rings. The highest BCUT2D eigenvalue weighted by atomic mass is 32.2. The first kappa shape index (κ1) is 23.4. The Morgan fingerprint density at radius 3 is 2.22 bits per heavy atom. The highest BCUT2D eigenvalue weighted by Gasteiger charge is 2.18. The Kier molecular flexibility index (Phi) is 7.22. The lowest BCUT2D eigenvalue weighted by molar-refractivity contribution is -0.113. The van der Waals surface area contributed by atoms with Gasteiger partial charge in [0.1, 0.15) is 0 Å². The van der Waals surface area contributed by atoms with Crippen LogP contribution >= 0.6 is 11.8 Å². The fourth-order valence-corrected chi connectivity index (χ4v) is 3.72. The van der Waals surface area contributed by atoms with Crippen molar-refractivity contribution >= 4 is 33.4 Å². The van der Waals surface area contributed by atoms with Crippen LogP contribution in [0.2, 0.25) is 0 Å². The van der Waals surface area contributed by atoms with Crippen molar-refractivity contribution in [2.75, 3.05) is 32.4 Å². The van der Waals surface area contributed by atoms with E-state index in [4.69, 9.17) is 23.8 Å². The molecule has 3 rings (SSSR count). The largest absolute Gasteiger partial charge is 0.493 e. The van der Waals surface area contributed by atoms with Crippen molar-refractivity contribution in [3.05, 3.63) is 36.4 Å². The average Bonchev–Trinajstić information content (AvgIpc) is 3.25. The Hall–Kier alpha value is -3.29. The number of aromatic nitrogens is 2. The van der Waals surface area contributed by atoms with E-state index in [1.165, 1.54) is 45.6 Å². The molecule has 13 heteroatoms. The molecule has 0 saturated heterocycles. The van der Waals surface area contributed by atoms with Gasteiger partial charge in [0, 0.05) is 11.3 Å². The lowest BCUT2D eigenvalue weighted by Crippen LogP contribution is -2.15. The topological polar surface area (TPSA) is 156 Å². The summed E-state index contributed by atoms with van der Waals surface area (Å²) in [5.41, 5.74) is 0.977. The molecule has 0 saturated carbocycles. The summed E-state index contributed by atoms with van der Waals surface area (Å²) >= 11 is 1.04. The van der Waals surface area contributed by atoms with Crippen LogP contribution < -0.4 is 24.7 Å². The summed E-state index contributed by atoms with van der Waals surface area (Å²) in [4.78, 5) is 12.1. The summed E-state index contributed by atoms with van der Waals surface area (Å²) in [6.45, 7) is 0. The van der Waals surface area contributed by atoms with E-state index in [0.717, 1.165) is 11.8 Å². The zero-order chi connectivity index (χ0) is 23.3. The van der Waals surface area contributed by atoms with Crippen LogP contribution in [0, 0.1) is 0 Å². The van der Waals surface area contributed by atoms with Crippen LogP contribution in [0.4, 0.5) is 5.69 Å². The third-order valence-corrected chi connectivity index (χ3v) is 5.86. The van der Waals surface area contributed by atoms with E-state index < -0.39 is 10.0 Å². The number of amides is 1. The molecule has 3 N–H and O–H groups in total. The zero-order valence-corrected chi connectivity index (χ0v) is 19.0. The van der Waals surface area contributed by atoms with E-state index in [1.807, 2.05) is 0 Å². The number of hydrogen-bond donors (Lipinski definition) is 2. The summed E-state index contributed by atoms with van der Waals surface area (Å²) in [6, 6.07) is 8.83. The monoisotopic (exact) mass is 480 g/mol. The van der Waals surface area contributed by atoms with Crippen LogP contribution in [0.1, 0.15) is 0 Å². The number of sulfonamides is 1. The van der Waals surface area contributed by atoms with E-state index in [0.29, 0.717) is 28.5 Å². The predicted molar refractivity (Wildman–Crippen MR) is 117 cm³/mol. The molecule has 1 aromatic heterocycles. The molecule has 170 valence electrons. The SMILES string of the molecule is COc1cc(-c2nnc(SCC(=O)Nc3ccc(S(N)(=O)=O)cc3)o2)cc(OC)c1OC. The second kappa shape index (κ2) is 9.89. The third kappa shape index (κ3) is 5.49. The lowest BCUT2D eigenvalue weighted by Gasteiger charge is -2.12. The first-order valence-corrected chi connectivity index (χ1v) is 11.5. The Balaban J connectivity index is 1.65. The van der Waals surface area contributed by atoms with Crippen LogP contribution in [0.3, 0.4) is 0 Å². The van der Waals surface area contributed by atoms with E-state index in [-0.39, 0.29) is 27.7 Å². The number of nitrogens with zero attached hydrogens (tertiary/aromatic N) is 2. The molecular formula is C19H20N4O7S2. The lowest BCUT2D eigenvalue weighted by atomic mass is 10.2. The van der Waals surface area contributed by atoms with Gasteiger partial charge in [-0.05, 0) is 36.4 Å². The number of hydrogen-bond acceptors (Lipinski definition) is 10. The van der Waals surface area contributed by atoms with Gasteiger partial charge in [0.15, 0.2) is 11.5 Å². The van der Waals surface area contributed by atoms with Gasteiger partial charge >= 0.3 is 0 Å². The van der Waals surface area contributed by atoms with Gasteiger partial charge in [-0.15, -0.1) is 10.2 Å². The van der Waals surface area contributed by atoms with E-state index in [9.17, 15) is 13.2 Å². The summed E-state index contributed by atoms with van der Waals surface area (Å²) in [5.74, 6) is 1.16. The van der Waals surface area contributed by atoms with Crippen molar-refractivity contribution < 1.29 is 31.8 Å². The van der Waals surface area contributed by atoms with Gasteiger partial charge < -0.3 is 23.9 Å². The number of nitrogens with one attached hydrogen (secondary N) is 1. The second-order valence-electron chi connectivity index (χ2n) is 6.19. The van der Waals surface area contributed by atoms with Gasteiger partial charge in [0.25, 0.3) is 5.22 Å². The molecule has 0 aliphatic heterocycles. The van der Waals surface area contributed by atoms with Crippen LogP contribution in [0.25, 0.3) is 11.5 Å². The van der Waals surface area contributed by atoms with Crippen LogP contribution in [-0.2, 0) is 14.8 Å². The number of carbonyl (C=O) groups excluding carboxylic acids is 1. The molecule has 0 radical (unpaired) electrons. The maximum Gasteiger partial charge on any atom is 0.277 e. The number of ether oxygens (including phenoxy) is 3. The molecule has 11 nitrogen and oxygen atoms in total. The average molecular weight is 481 g/mol. The molecule has 1 heterocycles. The third-order valence-electron chi connectivity index (χ3n) is 4.11. The van der Waals surface area contributed by atoms with Gasteiger partial charge in [0.2, 0.25) is 27.6 Å². The summed E-state index contributed by atoms with van der Waals surface area (Å²) < 4.78 is 44.1. The van der Waals surface area contributed by atoms with Crippen LogP contribution in [-0.4, -0.2) is 51.6 Å². The Morgan fingerprint density at radius 1 is 1.06 bits per heavy atom. The summed E-state index contributed by atoms with van der Waals surface area (Å²) in [5, 5.41) is 15.8. The first-order valence-electron chi connectivity index (χ1n) is 8.94. The van der Waals surface area contributed by atoms with Crippen LogP contribution in [0.15, 0.2) is 50.9 Å². The molecule has 3 aromatic rings. The van der Waals surface area contributed by atoms with Crippen molar-refractivity contribution in [3.63, 3.8) is 0 Å². The molecule has 0 bridgehead atoms. The number of nitrogens with two attached hydrogens (primary N) is 1. The van der Waals surface area contributed by atoms with Gasteiger partial charge in [-0.25, -0.2) is 13.6 Å². The number of anilines is 1. The molecule has 0 atom stereocenters. The zero-order valence-electron chi connectivity index (χ0n) is 17.3. The molecular weight excluding hydrogens is 460 g/mol. The van der Waals surface area contributed by atoms with Gasteiger partial charge in [-0.1, -0.05) is 11.8 Å². The van der Waals surface area contributed by atoms with Crippen molar-refractivity contribution in [2.45, 2.75) is 10.1 Å². The fraction of sp³-hybridized carbons (Fsp3) is 0.211. The second-order valence-corrected chi connectivity index (χ2v) is 8.68. The van der Waals surface area contributed by atoms with Gasteiger partial charge in [0.05, 0.1) is 32.0 Å². The summed E-state index contributed by atoms with van der Waals surface area (Å²) in [6.07, 6.45) is 0. The highest BCUT2D eigenvalue weighted by Crippen LogP contribution is 2.41. The standard InChI is InChI=1S/C19H20N4O7S2/c1-27-14-8-11(9-15(28-2)17(14)29-3)18-22-23-19(30-18)31-10-16(24)21-12-4-6-13(7-5-12)32(20,25)26/h4-9H,10H2,1-3H3,(H,21,24)(H2,20,25,26).